The Balaban J connectivity index is 1.74. The molecule has 2 aliphatic rings. The van der Waals surface area contributed by atoms with E-state index in [1.807, 2.05) is 0 Å². The minimum atomic E-state index is -5.70. The van der Waals surface area contributed by atoms with Crippen molar-refractivity contribution in [2.75, 3.05) is 6.61 Å². The monoisotopic (exact) mass is 571 g/mol. The van der Waals surface area contributed by atoms with Crippen LogP contribution in [0.25, 0.3) is 0 Å². The van der Waals surface area contributed by atoms with Crippen LogP contribution in [0.15, 0.2) is 11.3 Å². The highest BCUT2D eigenvalue weighted by Gasteiger charge is 2.53. The number of ether oxygens (including phenoxy) is 1. The second kappa shape index (κ2) is 9.92. The van der Waals surface area contributed by atoms with Crippen molar-refractivity contribution in [3.8, 4) is 0 Å². The van der Waals surface area contributed by atoms with Crippen LogP contribution in [0.2, 0.25) is 0 Å². The molecule has 2 aliphatic heterocycles. The van der Waals surface area contributed by atoms with Gasteiger partial charge in [0.25, 0.3) is 0 Å². The number of fused-ring (bicyclic) bond motifs is 1. The average Bonchev–Trinajstić information content (AvgIpc) is 3.20. The zero-order chi connectivity index (χ0) is 25.5. The molecule has 192 valence electrons. The Bertz CT molecular complexity index is 1110. The van der Waals surface area contributed by atoms with E-state index in [2.05, 4.69) is 27.6 Å². The molecule has 34 heavy (non-hydrogen) atoms. The predicted octanol–water partition coefficient (Wildman–Crippen LogP) is 0.0275. The molecular formula is C11H19N4O15P4+. The number of hydrogen-bond acceptors (Lipinski definition) is 13. The number of imidazole rings is 1. The van der Waals surface area contributed by atoms with Gasteiger partial charge in [0.15, 0.2) is 5.82 Å². The summed E-state index contributed by atoms with van der Waals surface area (Å²) in [4.78, 5) is 72.3. The van der Waals surface area contributed by atoms with E-state index in [0.29, 0.717) is 0 Å². The summed E-state index contributed by atoms with van der Waals surface area (Å²) >= 11 is 0. The molecule has 1 fully saturated rings. The number of aromatic nitrogens is 2. The van der Waals surface area contributed by atoms with Crippen LogP contribution >= 0.6 is 31.6 Å². The summed E-state index contributed by atoms with van der Waals surface area (Å²) in [6.45, 7) is -0.937. The first-order valence-corrected chi connectivity index (χ1v) is 14.9. The number of phosphoric acid groups is 3. The highest BCUT2D eigenvalue weighted by molar-refractivity contribution is 7.68. The third kappa shape index (κ3) is 7.59. The molecule has 4 atom stereocenters. The van der Waals surface area contributed by atoms with Crippen molar-refractivity contribution >= 4 is 49.4 Å². The second-order valence-corrected chi connectivity index (χ2v) is 12.4. The summed E-state index contributed by atoms with van der Waals surface area (Å²) in [5.74, 6) is 0.225. The molecule has 1 saturated heterocycles. The third-order valence-corrected chi connectivity index (χ3v) is 8.54. The molecule has 1 aromatic heterocycles. The Morgan fingerprint density at radius 2 is 1.85 bits per heavy atom. The summed E-state index contributed by atoms with van der Waals surface area (Å²) in [5.41, 5.74) is 0.425. The highest BCUT2D eigenvalue weighted by Crippen LogP contribution is 2.69. The normalized spacial score (nSPS) is 25.4. The fraction of sp³-hybridized carbons (Fsp3) is 0.545. The molecule has 3 heterocycles. The van der Waals surface area contributed by atoms with Gasteiger partial charge in [-0.3, -0.25) is 14.0 Å². The Morgan fingerprint density at radius 3 is 2.47 bits per heavy atom. The van der Waals surface area contributed by atoms with Gasteiger partial charge in [-0.15, -0.1) is 0 Å². The largest absolute Gasteiger partial charge is 0.580 e. The van der Waals surface area contributed by atoms with Crippen molar-refractivity contribution in [3.63, 3.8) is 0 Å². The fourth-order valence-corrected chi connectivity index (χ4v) is 6.65. The van der Waals surface area contributed by atoms with Crippen molar-refractivity contribution in [2.24, 2.45) is 4.99 Å². The molecule has 8 N–H and O–H groups in total. The van der Waals surface area contributed by atoms with Gasteiger partial charge in [0.05, 0.1) is 12.0 Å². The predicted molar refractivity (Wildman–Crippen MR) is 109 cm³/mol. The van der Waals surface area contributed by atoms with E-state index < -0.39 is 56.7 Å². The van der Waals surface area contributed by atoms with E-state index in [4.69, 9.17) is 19.9 Å². The van der Waals surface area contributed by atoms with Crippen LogP contribution in [-0.2, 0) is 36.1 Å². The van der Waals surface area contributed by atoms with Crippen LogP contribution in [0.5, 0.6) is 0 Å². The lowest BCUT2D eigenvalue weighted by atomic mass is 10.1. The molecule has 0 amide bonds. The van der Waals surface area contributed by atoms with Crippen LogP contribution in [-0.4, -0.2) is 74.5 Å². The minimum absolute atomic E-state index is 0.169. The summed E-state index contributed by atoms with van der Waals surface area (Å²) in [5, 5.41) is 7.89. The van der Waals surface area contributed by atoms with Crippen LogP contribution in [0.3, 0.4) is 0 Å². The summed E-state index contributed by atoms with van der Waals surface area (Å²) < 4.78 is 57.0. The Hall–Kier alpha value is -0.810. The molecule has 0 spiro atoms. The van der Waals surface area contributed by atoms with Gasteiger partial charge in [0.1, 0.15) is 30.7 Å². The summed E-state index contributed by atoms with van der Waals surface area (Å²) in [7, 11) is -21.6. The summed E-state index contributed by atoms with van der Waals surface area (Å²) in [6.07, 6.45) is -1.12. The SMILES string of the molecule is N=C1CC=Nc2c1ncn2[C@H]1C[C@@H](OP(=O)(O)O)[C@@H](CO[P+](O)(O)OP(=O)(O)OP(=O)(O)O)O1. The topological polar surface area (TPSA) is 293 Å². The lowest BCUT2D eigenvalue weighted by Crippen LogP contribution is -2.28. The summed E-state index contributed by atoms with van der Waals surface area (Å²) in [6, 6.07) is 0. The number of nitrogens with zero attached hydrogens (tertiary/aromatic N) is 3. The van der Waals surface area contributed by atoms with Gasteiger partial charge in [-0.25, -0.2) is 23.7 Å². The lowest BCUT2D eigenvalue weighted by molar-refractivity contribution is -0.0448. The van der Waals surface area contributed by atoms with Crippen molar-refractivity contribution in [1.29, 1.82) is 5.41 Å². The number of aliphatic imine (C=N–C) groups is 1. The molecule has 0 saturated carbocycles. The number of nitrogens with one attached hydrogen (secondary N) is 1. The molecule has 0 radical (unpaired) electrons. The standard InChI is InChI=1S/C11H18N4O15P4/c12-6-1-2-13-11-10(6)14-5-15(11)9-3-7(28-31(16,17)18)8(27-9)4-26-33(22,23)30-34(24,25)29-32(19,20)21/h2,5,7-9,12,22-23H,1,3-4H2,(H4-,16,17,18,19,20,21,24,25)/p+1/t7-,8-,9-/m1/s1. The maximum atomic E-state index is 11.5. The van der Waals surface area contributed by atoms with Gasteiger partial charge in [-0.1, -0.05) is 0 Å². The van der Waals surface area contributed by atoms with Gasteiger partial charge in [-0.05, 0) is 4.31 Å². The van der Waals surface area contributed by atoms with Crippen molar-refractivity contribution < 1.29 is 70.4 Å². The van der Waals surface area contributed by atoms with Gasteiger partial charge < -0.3 is 29.7 Å². The number of phosphoric ester groups is 1. The molecule has 23 heteroatoms. The van der Waals surface area contributed by atoms with Crippen molar-refractivity contribution in [2.45, 2.75) is 31.3 Å². The molecule has 0 aliphatic carbocycles. The highest BCUT2D eigenvalue weighted by atomic mass is 31.3. The maximum absolute atomic E-state index is 11.5. The van der Waals surface area contributed by atoms with E-state index in [9.17, 15) is 38.2 Å². The van der Waals surface area contributed by atoms with E-state index in [1.165, 1.54) is 17.1 Å². The fourth-order valence-electron chi connectivity index (χ4n) is 3.01. The molecule has 3 rings (SSSR count). The second-order valence-electron chi connectivity index (χ2n) is 6.73. The Kier molecular flexibility index (Phi) is 8.10. The number of rotatable bonds is 10. The van der Waals surface area contributed by atoms with E-state index in [0.717, 1.165) is 0 Å². The van der Waals surface area contributed by atoms with Crippen molar-refractivity contribution in [1.82, 2.24) is 9.55 Å². The minimum Gasteiger partial charge on any atom is -0.349 e. The first-order valence-electron chi connectivity index (χ1n) is 8.81. The van der Waals surface area contributed by atoms with Gasteiger partial charge in [-0.2, -0.15) is 18.6 Å². The van der Waals surface area contributed by atoms with Gasteiger partial charge >= 0.3 is 31.6 Å². The first-order chi connectivity index (χ1) is 15.4. The first kappa shape index (κ1) is 27.8. The van der Waals surface area contributed by atoms with Crippen LogP contribution < -0.4 is 0 Å². The van der Waals surface area contributed by atoms with E-state index >= 15 is 0 Å². The molecule has 19 nitrogen and oxygen atoms in total. The zero-order valence-electron chi connectivity index (χ0n) is 16.5. The smallest absolute Gasteiger partial charge is 0.349 e. The molecule has 1 aromatic rings. The van der Waals surface area contributed by atoms with Gasteiger partial charge in [0, 0.05) is 19.1 Å². The van der Waals surface area contributed by atoms with E-state index in [-0.39, 0.29) is 30.1 Å². The van der Waals surface area contributed by atoms with Crippen LogP contribution in [0.4, 0.5) is 5.82 Å². The molecule has 1 unspecified atom stereocenters. The molecule has 0 aromatic carbocycles. The number of hydrogen-bond donors (Lipinski definition) is 8. The maximum Gasteiger partial charge on any atom is 0.580 e. The Morgan fingerprint density at radius 1 is 1.18 bits per heavy atom. The zero-order valence-corrected chi connectivity index (χ0v) is 20.1. The quantitative estimate of drug-likeness (QED) is 0.172. The third-order valence-electron chi connectivity index (χ3n) is 4.15. The van der Waals surface area contributed by atoms with Crippen LogP contribution in [0.1, 0.15) is 24.8 Å². The van der Waals surface area contributed by atoms with E-state index in [1.54, 1.807) is 0 Å². The molecule has 0 bridgehead atoms. The van der Waals surface area contributed by atoms with Crippen LogP contribution in [0, 0.1) is 5.41 Å². The van der Waals surface area contributed by atoms with Gasteiger partial charge in [0.2, 0.25) is 0 Å². The average molecular weight is 571 g/mol. The Labute approximate surface area is 190 Å². The van der Waals surface area contributed by atoms with Crippen molar-refractivity contribution in [3.05, 3.63) is 12.0 Å². The molecular weight excluding hydrogens is 552 g/mol. The lowest BCUT2D eigenvalue weighted by Gasteiger charge is -2.19.